The number of carbonyl (C=O) groups excluding carboxylic acids is 1. The first kappa shape index (κ1) is 23.6. The average Bonchev–Trinajstić information content (AvgIpc) is 2.88. The van der Waals surface area contributed by atoms with E-state index in [0.717, 1.165) is 11.4 Å². The number of nitrogens with zero attached hydrogens (tertiary/aromatic N) is 4. The fraction of sp³-hybridized carbons (Fsp3) is 0.400. The Balaban J connectivity index is 1.54. The predicted octanol–water partition coefficient (Wildman–Crippen LogP) is 1.56. The maximum absolute atomic E-state index is 13.2. The SMILES string of the molecule is COCCCn1c(=O)c2ccccc2n(CC(=O)N2CCN(c3ccccc3OC)CC2)c1=O. The highest BCUT2D eigenvalue weighted by atomic mass is 16.5. The second kappa shape index (κ2) is 10.6. The van der Waals surface area contributed by atoms with Crippen molar-refractivity contribution in [1.82, 2.24) is 14.0 Å². The number of aromatic nitrogens is 2. The van der Waals surface area contributed by atoms with Crippen LogP contribution in [0.25, 0.3) is 10.9 Å². The number of hydrogen-bond acceptors (Lipinski definition) is 6. The van der Waals surface area contributed by atoms with Crippen molar-refractivity contribution in [3.63, 3.8) is 0 Å². The second-order valence-corrected chi connectivity index (χ2v) is 8.23. The van der Waals surface area contributed by atoms with Gasteiger partial charge in [-0.15, -0.1) is 0 Å². The number of hydrogen-bond donors (Lipinski definition) is 0. The molecule has 2 aromatic carbocycles. The molecule has 0 saturated carbocycles. The molecule has 0 bridgehead atoms. The van der Waals surface area contributed by atoms with E-state index in [0.29, 0.717) is 50.1 Å². The molecule has 0 unspecified atom stereocenters. The van der Waals surface area contributed by atoms with Gasteiger partial charge >= 0.3 is 5.69 Å². The molecule has 4 rings (SSSR count). The summed E-state index contributed by atoms with van der Waals surface area (Å²) in [5, 5.41) is 0.424. The van der Waals surface area contributed by atoms with Gasteiger partial charge in [0, 0.05) is 46.4 Å². The van der Waals surface area contributed by atoms with Gasteiger partial charge < -0.3 is 19.3 Å². The van der Waals surface area contributed by atoms with Gasteiger partial charge in [0.1, 0.15) is 12.3 Å². The Morgan fingerprint density at radius 1 is 0.912 bits per heavy atom. The molecule has 180 valence electrons. The zero-order valence-electron chi connectivity index (χ0n) is 19.6. The van der Waals surface area contributed by atoms with Gasteiger partial charge in [-0.05, 0) is 30.7 Å². The molecule has 1 aliphatic heterocycles. The fourth-order valence-electron chi connectivity index (χ4n) is 4.41. The molecule has 1 aliphatic rings. The lowest BCUT2D eigenvalue weighted by molar-refractivity contribution is -0.132. The molecule has 1 fully saturated rings. The van der Waals surface area contributed by atoms with Crippen molar-refractivity contribution in [2.24, 2.45) is 0 Å². The van der Waals surface area contributed by atoms with Gasteiger partial charge in [-0.2, -0.15) is 0 Å². The van der Waals surface area contributed by atoms with Gasteiger partial charge in [0.25, 0.3) is 5.56 Å². The summed E-state index contributed by atoms with van der Waals surface area (Å²) in [4.78, 5) is 43.3. The minimum Gasteiger partial charge on any atom is -0.495 e. The molecule has 9 heteroatoms. The lowest BCUT2D eigenvalue weighted by atomic mass is 10.2. The Labute approximate surface area is 197 Å². The molecule has 0 radical (unpaired) electrons. The average molecular weight is 467 g/mol. The number of ether oxygens (including phenoxy) is 2. The Kier molecular flexibility index (Phi) is 7.32. The summed E-state index contributed by atoms with van der Waals surface area (Å²) in [6.45, 7) is 2.97. The second-order valence-electron chi connectivity index (χ2n) is 8.23. The third-order valence-corrected chi connectivity index (χ3v) is 6.21. The first-order valence-corrected chi connectivity index (χ1v) is 11.4. The highest BCUT2D eigenvalue weighted by Crippen LogP contribution is 2.28. The summed E-state index contributed by atoms with van der Waals surface area (Å²) in [6.07, 6.45) is 0.531. The molecule has 0 aliphatic carbocycles. The van der Waals surface area contributed by atoms with Gasteiger partial charge in [-0.1, -0.05) is 24.3 Å². The third kappa shape index (κ3) is 4.70. The van der Waals surface area contributed by atoms with E-state index in [9.17, 15) is 14.4 Å². The zero-order chi connectivity index (χ0) is 24.1. The number of para-hydroxylation sites is 3. The quantitative estimate of drug-likeness (QED) is 0.469. The van der Waals surface area contributed by atoms with E-state index in [1.54, 1.807) is 43.4 Å². The number of fused-ring (bicyclic) bond motifs is 1. The number of anilines is 1. The minimum atomic E-state index is -0.471. The van der Waals surface area contributed by atoms with Gasteiger partial charge in [0.15, 0.2) is 0 Å². The lowest BCUT2D eigenvalue weighted by Gasteiger charge is -2.36. The highest BCUT2D eigenvalue weighted by Gasteiger charge is 2.24. The number of benzene rings is 2. The van der Waals surface area contributed by atoms with Crippen molar-refractivity contribution >= 4 is 22.5 Å². The Morgan fingerprint density at radius 3 is 2.35 bits per heavy atom. The van der Waals surface area contributed by atoms with Crippen molar-refractivity contribution in [2.45, 2.75) is 19.5 Å². The Morgan fingerprint density at radius 2 is 1.62 bits per heavy atom. The van der Waals surface area contributed by atoms with Crippen LogP contribution in [0.2, 0.25) is 0 Å². The third-order valence-electron chi connectivity index (χ3n) is 6.21. The first-order valence-electron chi connectivity index (χ1n) is 11.4. The molecule has 1 amide bonds. The number of rotatable bonds is 8. The summed E-state index contributed by atoms with van der Waals surface area (Å²) in [5.41, 5.74) is 0.663. The Bertz CT molecular complexity index is 1270. The van der Waals surface area contributed by atoms with E-state index in [-0.39, 0.29) is 24.6 Å². The molecule has 2 heterocycles. The summed E-state index contributed by atoms with van der Waals surface area (Å²) in [7, 11) is 3.23. The molecular formula is C25H30N4O5. The summed E-state index contributed by atoms with van der Waals surface area (Å²) < 4.78 is 13.1. The number of amides is 1. The van der Waals surface area contributed by atoms with E-state index >= 15 is 0 Å². The van der Waals surface area contributed by atoms with Gasteiger partial charge in [-0.3, -0.25) is 18.7 Å². The molecular weight excluding hydrogens is 436 g/mol. The van der Waals surface area contributed by atoms with Crippen molar-refractivity contribution in [1.29, 1.82) is 0 Å². The van der Waals surface area contributed by atoms with Crippen LogP contribution in [0.1, 0.15) is 6.42 Å². The van der Waals surface area contributed by atoms with Crippen LogP contribution in [0.3, 0.4) is 0 Å². The van der Waals surface area contributed by atoms with Crippen LogP contribution < -0.4 is 20.9 Å². The van der Waals surface area contributed by atoms with Gasteiger partial charge in [0.2, 0.25) is 5.91 Å². The topological polar surface area (TPSA) is 86.0 Å². The van der Waals surface area contributed by atoms with Crippen LogP contribution in [0.5, 0.6) is 5.75 Å². The molecule has 1 saturated heterocycles. The monoisotopic (exact) mass is 466 g/mol. The van der Waals surface area contributed by atoms with Crippen LogP contribution in [0, 0.1) is 0 Å². The van der Waals surface area contributed by atoms with Crippen molar-refractivity contribution < 1.29 is 14.3 Å². The normalized spacial score (nSPS) is 13.9. The van der Waals surface area contributed by atoms with Crippen molar-refractivity contribution in [3.8, 4) is 5.75 Å². The summed E-state index contributed by atoms with van der Waals surface area (Å²) in [5.74, 6) is 0.657. The summed E-state index contributed by atoms with van der Waals surface area (Å²) >= 11 is 0. The van der Waals surface area contributed by atoms with E-state index < -0.39 is 5.69 Å². The molecule has 3 aromatic rings. The lowest BCUT2D eigenvalue weighted by Crippen LogP contribution is -2.51. The van der Waals surface area contributed by atoms with E-state index in [4.69, 9.17) is 9.47 Å². The smallest absolute Gasteiger partial charge is 0.331 e. The van der Waals surface area contributed by atoms with Crippen LogP contribution in [-0.4, -0.2) is 66.9 Å². The highest BCUT2D eigenvalue weighted by molar-refractivity contribution is 5.82. The van der Waals surface area contributed by atoms with Crippen LogP contribution in [0.15, 0.2) is 58.1 Å². The van der Waals surface area contributed by atoms with E-state index in [1.807, 2.05) is 24.3 Å². The molecule has 0 N–H and O–H groups in total. The van der Waals surface area contributed by atoms with Crippen molar-refractivity contribution in [3.05, 3.63) is 69.4 Å². The molecule has 0 spiro atoms. The maximum atomic E-state index is 13.2. The molecule has 34 heavy (non-hydrogen) atoms. The fourth-order valence-corrected chi connectivity index (χ4v) is 4.41. The summed E-state index contributed by atoms with van der Waals surface area (Å²) in [6, 6.07) is 14.8. The van der Waals surface area contributed by atoms with Crippen LogP contribution >= 0.6 is 0 Å². The standard InChI is InChI=1S/C25H30N4O5/c1-33-17-7-12-28-24(31)19-8-3-4-9-20(19)29(25(28)32)18-23(30)27-15-13-26(14-16-27)21-10-5-6-11-22(21)34-2/h3-6,8-11H,7,12-18H2,1-2H3. The van der Waals surface area contributed by atoms with Gasteiger partial charge in [0.05, 0.1) is 23.7 Å². The maximum Gasteiger partial charge on any atom is 0.331 e. The van der Waals surface area contributed by atoms with Gasteiger partial charge in [-0.25, -0.2) is 4.79 Å². The molecule has 0 atom stereocenters. The molecule has 9 nitrogen and oxygen atoms in total. The van der Waals surface area contributed by atoms with E-state index in [1.165, 1.54) is 9.13 Å². The zero-order valence-corrected chi connectivity index (χ0v) is 19.6. The van der Waals surface area contributed by atoms with Crippen LogP contribution in [-0.2, 0) is 22.6 Å². The largest absolute Gasteiger partial charge is 0.495 e. The predicted molar refractivity (Wildman–Crippen MR) is 131 cm³/mol. The molecule has 1 aromatic heterocycles. The first-order chi connectivity index (χ1) is 16.5. The van der Waals surface area contributed by atoms with E-state index in [2.05, 4.69) is 4.90 Å². The number of carbonyl (C=O) groups is 1. The number of methoxy groups -OCH3 is 2. The number of piperazine rings is 1. The minimum absolute atomic E-state index is 0.113. The van der Waals surface area contributed by atoms with Crippen LogP contribution in [0.4, 0.5) is 5.69 Å². The Hall–Kier alpha value is -3.59. The van der Waals surface area contributed by atoms with Crippen molar-refractivity contribution in [2.75, 3.05) is 51.9 Å².